The lowest BCUT2D eigenvalue weighted by Gasteiger charge is -2.48. The summed E-state index contributed by atoms with van der Waals surface area (Å²) in [5.74, 6) is 0.110. The number of aliphatic hydroxyl groups excluding tert-OH is 2. The highest BCUT2D eigenvalue weighted by Gasteiger charge is 2.58. The van der Waals surface area contributed by atoms with Gasteiger partial charge in [0.25, 0.3) is 0 Å². The predicted molar refractivity (Wildman–Crippen MR) is 150 cm³/mol. The molecule has 220 valence electrons. The number of carboxylic acid groups (broad SMARTS) is 1. The van der Waals surface area contributed by atoms with Gasteiger partial charge in [-0.3, -0.25) is 4.79 Å². The van der Waals surface area contributed by atoms with Crippen LogP contribution < -0.4 is 9.64 Å². The van der Waals surface area contributed by atoms with E-state index >= 15 is 0 Å². The van der Waals surface area contributed by atoms with Gasteiger partial charge in [0.1, 0.15) is 29.3 Å². The predicted octanol–water partition coefficient (Wildman–Crippen LogP) is 4.05. The van der Waals surface area contributed by atoms with Crippen molar-refractivity contribution in [3.05, 3.63) is 53.4 Å². The normalized spacial score (nSPS) is 23.3. The Balaban J connectivity index is 1.44. The fraction of sp³-hybridized carbons (Fsp3) is 0.517. The average Bonchev–Trinajstić information content (AvgIpc) is 3.35. The third-order valence-electron chi connectivity index (χ3n) is 8.34. The van der Waals surface area contributed by atoms with Gasteiger partial charge in [0.15, 0.2) is 6.35 Å². The van der Waals surface area contributed by atoms with Crippen molar-refractivity contribution in [3.8, 4) is 16.5 Å². The molecule has 3 N–H and O–H groups in total. The topological polar surface area (TPSA) is 138 Å². The van der Waals surface area contributed by atoms with E-state index in [-0.39, 0.29) is 19.1 Å². The Kier molecular flexibility index (Phi) is 7.79. The van der Waals surface area contributed by atoms with E-state index < -0.39 is 30.2 Å². The van der Waals surface area contributed by atoms with Crippen LogP contribution in [0.3, 0.4) is 0 Å². The van der Waals surface area contributed by atoms with Crippen LogP contribution in [0.1, 0.15) is 61.1 Å². The van der Waals surface area contributed by atoms with Crippen molar-refractivity contribution in [2.75, 3.05) is 31.8 Å². The second-order valence-electron chi connectivity index (χ2n) is 10.9. The van der Waals surface area contributed by atoms with E-state index in [0.717, 1.165) is 28.8 Å². The van der Waals surface area contributed by atoms with Crippen LogP contribution in [0, 0.1) is 6.92 Å². The lowest BCUT2D eigenvalue weighted by atomic mass is 10.0. The first kappa shape index (κ1) is 28.1. The number of fused-ring (bicyclic) bond motifs is 1. The number of thiophene rings is 1. The Bertz CT molecular complexity index is 1370. The van der Waals surface area contributed by atoms with Crippen molar-refractivity contribution in [2.24, 2.45) is 0 Å². The number of hydrogen-bond donors (Lipinski definition) is 3. The van der Waals surface area contributed by atoms with Crippen LogP contribution in [0.25, 0.3) is 10.8 Å². The van der Waals surface area contributed by atoms with Crippen molar-refractivity contribution in [3.63, 3.8) is 0 Å². The molecule has 2 fully saturated rings. The molecule has 3 unspecified atom stereocenters. The summed E-state index contributed by atoms with van der Waals surface area (Å²) >= 11 is 1.38. The average molecular weight is 586 g/mol. The third-order valence-corrected chi connectivity index (χ3v) is 9.67. The van der Waals surface area contributed by atoms with E-state index in [1.807, 2.05) is 36.1 Å². The number of ether oxygens (including phenoxy) is 3. The molecule has 3 atom stereocenters. The molecule has 3 aromatic rings. The molecule has 1 aliphatic carbocycles. The number of carboxylic acids is 1. The Labute approximate surface area is 241 Å². The number of benzene rings is 1. The van der Waals surface area contributed by atoms with Gasteiger partial charge in [0.2, 0.25) is 5.89 Å². The molecule has 4 heterocycles. The molecule has 12 heteroatoms. The number of rotatable bonds is 10. The van der Waals surface area contributed by atoms with Gasteiger partial charge in [-0.05, 0) is 44.2 Å². The number of nitrogens with zero attached hydrogens (tertiary/aromatic N) is 3. The maximum absolute atomic E-state index is 12.0. The number of aromatic nitrogens is 1. The van der Waals surface area contributed by atoms with E-state index in [1.54, 1.807) is 18.2 Å². The van der Waals surface area contributed by atoms with E-state index in [2.05, 4.69) is 4.98 Å². The number of aliphatic hydroxyl groups is 2. The highest BCUT2D eigenvalue weighted by molar-refractivity contribution is 7.19. The summed E-state index contributed by atoms with van der Waals surface area (Å²) in [5.41, 5.74) is 1.35. The van der Waals surface area contributed by atoms with Crippen LogP contribution in [0.15, 0.2) is 41.1 Å². The Morgan fingerprint density at radius 3 is 2.66 bits per heavy atom. The molecule has 11 nitrogen and oxygen atoms in total. The third kappa shape index (κ3) is 5.24. The number of oxazole rings is 1. The van der Waals surface area contributed by atoms with Gasteiger partial charge in [-0.1, -0.05) is 18.2 Å². The zero-order valence-electron chi connectivity index (χ0n) is 23.1. The van der Waals surface area contributed by atoms with Crippen molar-refractivity contribution in [1.29, 1.82) is 0 Å². The summed E-state index contributed by atoms with van der Waals surface area (Å²) in [5, 5.41) is 34.0. The van der Waals surface area contributed by atoms with Crippen molar-refractivity contribution in [1.82, 2.24) is 9.88 Å². The summed E-state index contributed by atoms with van der Waals surface area (Å²) < 4.78 is 23.6. The van der Waals surface area contributed by atoms with Crippen molar-refractivity contribution < 1.29 is 38.7 Å². The standard InChI is InChI=1S/C29H35N3O8S/c1-17-23-26(35)32(29(9-10-29)15-22(33)34)28(36)31(27(23)41-24(17)25-30-11-14-39-25)16-21(40-18-7-12-38-13-8-18)19-5-3-4-6-20(19)37-2/h3-6,11,14,18,21,26,28,35-36H,7-10,12-13,15-16H2,1-2H3,(H,33,34). The minimum absolute atomic E-state index is 0.0449. The first-order valence-electron chi connectivity index (χ1n) is 13.9. The summed E-state index contributed by atoms with van der Waals surface area (Å²) in [6.07, 6.45) is 2.42. The smallest absolute Gasteiger partial charge is 0.305 e. The minimum atomic E-state index is -1.30. The first-order valence-corrected chi connectivity index (χ1v) is 14.7. The van der Waals surface area contributed by atoms with Crippen LogP contribution in [-0.4, -0.2) is 76.0 Å². The number of para-hydroxylation sites is 1. The summed E-state index contributed by atoms with van der Waals surface area (Å²) in [6, 6.07) is 7.66. The minimum Gasteiger partial charge on any atom is -0.496 e. The van der Waals surface area contributed by atoms with Gasteiger partial charge in [-0.15, -0.1) is 11.3 Å². The Hall–Kier alpha value is -3.00. The zero-order chi connectivity index (χ0) is 28.7. The number of hydrogen-bond acceptors (Lipinski definition) is 11. The van der Waals surface area contributed by atoms with Crippen molar-refractivity contribution in [2.45, 2.75) is 69.4 Å². The number of carbonyl (C=O) groups is 1. The first-order chi connectivity index (χ1) is 19.8. The maximum atomic E-state index is 12.0. The zero-order valence-corrected chi connectivity index (χ0v) is 23.9. The molecule has 6 rings (SSSR count). The van der Waals surface area contributed by atoms with Crippen LogP contribution in [0.2, 0.25) is 0 Å². The van der Waals surface area contributed by atoms with Gasteiger partial charge in [0, 0.05) is 29.9 Å². The highest BCUT2D eigenvalue weighted by atomic mass is 32.1. The van der Waals surface area contributed by atoms with Crippen LogP contribution in [0.4, 0.5) is 5.00 Å². The lowest BCUT2D eigenvalue weighted by Crippen LogP contribution is -2.59. The fourth-order valence-electron chi connectivity index (χ4n) is 6.09. The Morgan fingerprint density at radius 2 is 2.00 bits per heavy atom. The van der Waals surface area contributed by atoms with Crippen LogP contribution in [-0.2, 0) is 14.3 Å². The summed E-state index contributed by atoms with van der Waals surface area (Å²) in [4.78, 5) is 20.3. The van der Waals surface area contributed by atoms with E-state index in [1.165, 1.54) is 17.6 Å². The molecule has 0 radical (unpaired) electrons. The maximum Gasteiger partial charge on any atom is 0.305 e. The van der Waals surface area contributed by atoms with Gasteiger partial charge < -0.3 is 38.8 Å². The molecule has 0 bridgehead atoms. The molecule has 0 spiro atoms. The van der Waals surface area contributed by atoms with E-state index in [9.17, 15) is 20.1 Å². The molecule has 0 amide bonds. The van der Waals surface area contributed by atoms with Gasteiger partial charge in [0.05, 0.1) is 37.3 Å². The highest BCUT2D eigenvalue weighted by Crippen LogP contribution is 2.56. The SMILES string of the molecule is COc1ccccc1C(CN1c2sc(-c3ncco3)c(C)c2C(O)N(C2(CC(=O)O)CC2)C1O)OC1CCOCC1. The largest absolute Gasteiger partial charge is 0.496 e. The number of methoxy groups -OCH3 is 1. The fourth-order valence-corrected chi connectivity index (χ4v) is 7.39. The number of aliphatic carboxylic acids is 1. The van der Waals surface area contributed by atoms with Crippen LogP contribution >= 0.6 is 11.3 Å². The molecule has 1 aromatic carbocycles. The molecule has 1 saturated carbocycles. The molecule has 2 aromatic heterocycles. The molecule has 3 aliphatic rings. The quantitative estimate of drug-likeness (QED) is 0.318. The molecule has 2 aliphatic heterocycles. The summed E-state index contributed by atoms with van der Waals surface area (Å²) in [6.45, 7) is 3.34. The Morgan fingerprint density at radius 1 is 1.24 bits per heavy atom. The van der Waals surface area contributed by atoms with E-state index in [4.69, 9.17) is 18.6 Å². The molecule has 41 heavy (non-hydrogen) atoms. The number of anilines is 1. The van der Waals surface area contributed by atoms with Crippen LogP contribution in [0.5, 0.6) is 5.75 Å². The van der Waals surface area contributed by atoms with Gasteiger partial charge in [-0.2, -0.15) is 0 Å². The second kappa shape index (κ2) is 11.3. The molecular weight excluding hydrogens is 550 g/mol. The monoisotopic (exact) mass is 585 g/mol. The van der Waals surface area contributed by atoms with E-state index in [0.29, 0.717) is 48.3 Å². The second-order valence-corrected chi connectivity index (χ2v) is 11.9. The van der Waals surface area contributed by atoms with Gasteiger partial charge in [-0.25, -0.2) is 9.88 Å². The summed E-state index contributed by atoms with van der Waals surface area (Å²) in [7, 11) is 1.62. The molecule has 1 saturated heterocycles. The lowest BCUT2D eigenvalue weighted by molar-refractivity contribution is -0.159. The van der Waals surface area contributed by atoms with Gasteiger partial charge >= 0.3 is 5.97 Å². The van der Waals surface area contributed by atoms with Crippen molar-refractivity contribution >= 4 is 22.3 Å². The molecular formula is C29H35N3O8S.